The third-order valence-electron chi connectivity index (χ3n) is 4.75. The molecule has 142 valence electrons. The molecule has 1 fully saturated rings. The summed E-state index contributed by atoms with van der Waals surface area (Å²) in [5, 5.41) is 3.47. The van der Waals surface area contributed by atoms with Gasteiger partial charge in [-0.25, -0.2) is 0 Å². The van der Waals surface area contributed by atoms with Crippen LogP contribution in [0.2, 0.25) is 0 Å². The molecule has 0 radical (unpaired) electrons. The summed E-state index contributed by atoms with van der Waals surface area (Å²) in [6, 6.07) is 16.5. The molecule has 1 saturated heterocycles. The van der Waals surface area contributed by atoms with Crippen LogP contribution in [0.1, 0.15) is 11.3 Å². The van der Waals surface area contributed by atoms with E-state index in [0.717, 1.165) is 57.3 Å². The average molecular weight is 364 g/mol. The molecule has 1 N–H and O–H groups in total. The van der Waals surface area contributed by atoms with E-state index in [4.69, 9.17) is 0 Å². The predicted molar refractivity (Wildman–Crippen MR) is 113 cm³/mol. The van der Waals surface area contributed by atoms with Crippen molar-refractivity contribution in [1.29, 1.82) is 0 Å². The molecule has 3 rings (SSSR count). The van der Waals surface area contributed by atoms with Crippen LogP contribution in [0.4, 0.5) is 0 Å². The average Bonchev–Trinajstić information content (AvgIpc) is 2.73. The lowest BCUT2D eigenvalue weighted by Gasteiger charge is -2.36. The summed E-state index contributed by atoms with van der Waals surface area (Å²) >= 11 is 0. The van der Waals surface area contributed by atoms with Crippen LogP contribution in [0.5, 0.6) is 0 Å². The molecule has 0 spiro atoms. The van der Waals surface area contributed by atoms with Crippen LogP contribution in [-0.2, 0) is 6.42 Å². The van der Waals surface area contributed by atoms with E-state index in [1.807, 2.05) is 31.4 Å². The maximum Gasteiger partial charge on any atom is 0.193 e. The van der Waals surface area contributed by atoms with E-state index in [9.17, 15) is 0 Å². The van der Waals surface area contributed by atoms with Crippen LogP contribution >= 0.6 is 0 Å². The zero-order chi connectivity index (χ0) is 18.7. The number of benzene rings is 1. The lowest BCUT2D eigenvalue weighted by atomic mass is 10.2. The smallest absolute Gasteiger partial charge is 0.193 e. The Hall–Kier alpha value is -2.66. The van der Waals surface area contributed by atoms with Gasteiger partial charge in [0.15, 0.2) is 5.96 Å². The quantitative estimate of drug-likeness (QED) is 0.633. The van der Waals surface area contributed by atoms with E-state index in [1.54, 1.807) is 0 Å². The van der Waals surface area contributed by atoms with Gasteiger partial charge in [0.1, 0.15) is 0 Å². The molecule has 0 amide bonds. The molecule has 0 bridgehead atoms. The van der Waals surface area contributed by atoms with Gasteiger partial charge in [0.05, 0.1) is 0 Å². The third-order valence-corrected chi connectivity index (χ3v) is 4.75. The first-order valence-corrected chi connectivity index (χ1v) is 9.64. The molecule has 0 saturated carbocycles. The van der Waals surface area contributed by atoms with E-state index < -0.39 is 0 Å². The van der Waals surface area contributed by atoms with Gasteiger partial charge in [0, 0.05) is 64.6 Å². The number of guanidine groups is 1. The number of hydrogen-bond donors (Lipinski definition) is 1. The maximum absolute atomic E-state index is 4.45. The maximum atomic E-state index is 4.45. The monoisotopic (exact) mass is 363 g/mol. The minimum atomic E-state index is 0.851. The van der Waals surface area contributed by atoms with Crippen molar-refractivity contribution in [1.82, 2.24) is 20.1 Å². The summed E-state index contributed by atoms with van der Waals surface area (Å²) in [5.74, 6) is 0.991. The predicted octanol–water partition coefficient (Wildman–Crippen LogP) is 2.53. The Labute approximate surface area is 162 Å². The largest absolute Gasteiger partial charge is 0.356 e. The molecule has 1 aromatic carbocycles. The topological polar surface area (TPSA) is 43.8 Å². The Morgan fingerprint density at radius 2 is 1.85 bits per heavy atom. The molecule has 1 aromatic heterocycles. The van der Waals surface area contributed by atoms with Crippen molar-refractivity contribution in [3.63, 3.8) is 0 Å². The SMILES string of the molecule is CN=C(NCCc1ccccn1)N1CCN(CC=Cc2ccccc2)CC1. The zero-order valence-corrected chi connectivity index (χ0v) is 16.1. The van der Waals surface area contributed by atoms with Crippen LogP contribution in [0.25, 0.3) is 6.08 Å². The van der Waals surface area contributed by atoms with Crippen LogP contribution in [0.15, 0.2) is 65.8 Å². The Morgan fingerprint density at radius 3 is 2.56 bits per heavy atom. The van der Waals surface area contributed by atoms with Crippen LogP contribution in [0, 0.1) is 0 Å². The molecule has 2 heterocycles. The molecule has 0 aliphatic carbocycles. The molecule has 5 heteroatoms. The number of nitrogens with one attached hydrogen (secondary N) is 1. The van der Waals surface area contributed by atoms with Gasteiger partial charge in [-0.05, 0) is 17.7 Å². The normalized spacial score (nSPS) is 16.0. The van der Waals surface area contributed by atoms with Gasteiger partial charge in [-0.2, -0.15) is 0 Å². The highest BCUT2D eigenvalue weighted by Crippen LogP contribution is 2.05. The molecular weight excluding hydrogens is 334 g/mol. The summed E-state index contributed by atoms with van der Waals surface area (Å²) in [6.45, 7) is 5.96. The van der Waals surface area contributed by atoms with Crippen LogP contribution in [0.3, 0.4) is 0 Å². The number of hydrogen-bond acceptors (Lipinski definition) is 3. The van der Waals surface area contributed by atoms with Crippen LogP contribution < -0.4 is 5.32 Å². The third kappa shape index (κ3) is 6.22. The van der Waals surface area contributed by atoms with Crippen molar-refractivity contribution in [2.24, 2.45) is 4.99 Å². The Bertz CT molecular complexity index is 719. The van der Waals surface area contributed by atoms with Gasteiger partial charge in [-0.15, -0.1) is 0 Å². The summed E-state index contributed by atoms with van der Waals surface area (Å²) in [4.78, 5) is 13.6. The number of nitrogens with zero attached hydrogens (tertiary/aromatic N) is 4. The van der Waals surface area contributed by atoms with Crippen molar-refractivity contribution in [3.05, 3.63) is 72.1 Å². The second-order valence-corrected chi connectivity index (χ2v) is 6.65. The first-order chi connectivity index (χ1) is 13.3. The van der Waals surface area contributed by atoms with E-state index >= 15 is 0 Å². The highest BCUT2D eigenvalue weighted by atomic mass is 15.3. The van der Waals surface area contributed by atoms with Gasteiger partial charge < -0.3 is 10.2 Å². The second-order valence-electron chi connectivity index (χ2n) is 6.65. The Balaban J connectivity index is 1.38. The Kier molecular flexibility index (Phi) is 7.42. The fourth-order valence-corrected chi connectivity index (χ4v) is 3.22. The number of pyridine rings is 1. The van der Waals surface area contributed by atoms with E-state index in [-0.39, 0.29) is 0 Å². The fourth-order valence-electron chi connectivity index (χ4n) is 3.22. The molecular formula is C22H29N5. The van der Waals surface area contributed by atoms with Gasteiger partial charge in [0.2, 0.25) is 0 Å². The molecule has 1 aliphatic heterocycles. The summed E-state index contributed by atoms with van der Waals surface area (Å²) in [5.41, 5.74) is 2.36. The van der Waals surface area contributed by atoms with Crippen molar-refractivity contribution < 1.29 is 0 Å². The summed E-state index contributed by atoms with van der Waals surface area (Å²) < 4.78 is 0. The molecule has 1 aliphatic rings. The Morgan fingerprint density at radius 1 is 1.07 bits per heavy atom. The van der Waals surface area contributed by atoms with Gasteiger partial charge >= 0.3 is 0 Å². The molecule has 0 atom stereocenters. The number of aliphatic imine (C=N–C) groups is 1. The number of rotatable bonds is 6. The minimum absolute atomic E-state index is 0.851. The van der Waals surface area contributed by atoms with Crippen LogP contribution in [-0.4, -0.2) is 67.1 Å². The highest BCUT2D eigenvalue weighted by molar-refractivity contribution is 5.80. The van der Waals surface area contributed by atoms with Gasteiger partial charge in [0.25, 0.3) is 0 Å². The first-order valence-electron chi connectivity index (χ1n) is 9.64. The second kappa shape index (κ2) is 10.5. The molecule has 5 nitrogen and oxygen atoms in total. The first kappa shape index (κ1) is 19.1. The lowest BCUT2D eigenvalue weighted by molar-refractivity contribution is 0.194. The van der Waals surface area contributed by atoms with E-state index in [0.29, 0.717) is 0 Å². The van der Waals surface area contributed by atoms with Gasteiger partial charge in [-0.1, -0.05) is 48.6 Å². The van der Waals surface area contributed by atoms with E-state index in [1.165, 1.54) is 5.56 Å². The molecule has 27 heavy (non-hydrogen) atoms. The summed E-state index contributed by atoms with van der Waals surface area (Å²) in [6.07, 6.45) is 7.20. The molecule has 2 aromatic rings. The van der Waals surface area contributed by atoms with E-state index in [2.05, 4.69) is 67.6 Å². The minimum Gasteiger partial charge on any atom is -0.356 e. The zero-order valence-electron chi connectivity index (χ0n) is 16.1. The van der Waals surface area contributed by atoms with Crippen molar-refractivity contribution >= 4 is 12.0 Å². The highest BCUT2D eigenvalue weighted by Gasteiger charge is 2.18. The van der Waals surface area contributed by atoms with Crippen molar-refractivity contribution in [2.45, 2.75) is 6.42 Å². The van der Waals surface area contributed by atoms with Crippen molar-refractivity contribution in [2.75, 3.05) is 46.3 Å². The molecule has 0 unspecified atom stereocenters. The summed E-state index contributed by atoms with van der Waals surface area (Å²) in [7, 11) is 1.86. The fraction of sp³-hybridized carbons (Fsp3) is 0.364. The van der Waals surface area contributed by atoms with Gasteiger partial charge in [-0.3, -0.25) is 14.9 Å². The standard InChI is InChI=1S/C22H29N5/c1-23-22(25-14-12-21-11-5-6-13-24-21)27-18-16-26(17-19-27)15-7-10-20-8-3-2-4-9-20/h2-11,13H,12,14-19H2,1H3,(H,23,25). The van der Waals surface area contributed by atoms with Crippen molar-refractivity contribution in [3.8, 4) is 0 Å². The lowest BCUT2D eigenvalue weighted by Crippen LogP contribution is -2.52. The number of aromatic nitrogens is 1. The number of piperazine rings is 1.